The standard InChI is InChI=1S/C24H22N2O2/c1-14-5-10-20(17(4)11-14)23(27)25-19-8-6-18(7-9-19)24-26-21-12-15(2)16(3)13-22(21)28-24/h5-13H,1-4H3,(H,25,27). The molecule has 0 spiro atoms. The van der Waals surface area contributed by atoms with Gasteiger partial charge in [0.1, 0.15) is 5.52 Å². The van der Waals surface area contributed by atoms with E-state index >= 15 is 0 Å². The Morgan fingerprint density at radius 3 is 2.29 bits per heavy atom. The van der Waals surface area contributed by atoms with Crippen molar-refractivity contribution in [3.63, 3.8) is 0 Å². The monoisotopic (exact) mass is 370 g/mol. The largest absolute Gasteiger partial charge is 0.436 e. The first kappa shape index (κ1) is 18.0. The van der Waals surface area contributed by atoms with Gasteiger partial charge in [-0.25, -0.2) is 4.98 Å². The summed E-state index contributed by atoms with van der Waals surface area (Å²) in [6.45, 7) is 8.09. The zero-order valence-corrected chi connectivity index (χ0v) is 16.5. The molecule has 0 radical (unpaired) electrons. The predicted octanol–water partition coefficient (Wildman–Crippen LogP) is 5.98. The Kier molecular flexibility index (Phi) is 4.47. The molecule has 4 rings (SSSR count). The lowest BCUT2D eigenvalue weighted by Gasteiger charge is -2.08. The van der Waals surface area contributed by atoms with Gasteiger partial charge in [-0.1, -0.05) is 17.7 Å². The number of amides is 1. The van der Waals surface area contributed by atoms with Crippen molar-refractivity contribution in [3.05, 3.63) is 82.4 Å². The zero-order valence-electron chi connectivity index (χ0n) is 16.5. The number of oxazole rings is 1. The van der Waals surface area contributed by atoms with Gasteiger partial charge in [-0.2, -0.15) is 0 Å². The van der Waals surface area contributed by atoms with Gasteiger partial charge in [0, 0.05) is 16.8 Å². The van der Waals surface area contributed by atoms with Crippen LogP contribution < -0.4 is 5.32 Å². The molecule has 4 aromatic rings. The molecule has 28 heavy (non-hydrogen) atoms. The maximum atomic E-state index is 12.5. The molecule has 1 N–H and O–H groups in total. The average molecular weight is 370 g/mol. The highest BCUT2D eigenvalue weighted by molar-refractivity contribution is 6.05. The van der Waals surface area contributed by atoms with Gasteiger partial charge >= 0.3 is 0 Å². The maximum Gasteiger partial charge on any atom is 0.255 e. The number of nitrogens with one attached hydrogen (secondary N) is 1. The molecule has 0 saturated heterocycles. The molecule has 0 aliphatic heterocycles. The minimum absolute atomic E-state index is 0.113. The first-order chi connectivity index (χ1) is 13.4. The fraction of sp³-hybridized carbons (Fsp3) is 0.167. The van der Waals surface area contributed by atoms with Gasteiger partial charge < -0.3 is 9.73 Å². The van der Waals surface area contributed by atoms with E-state index in [9.17, 15) is 4.79 Å². The van der Waals surface area contributed by atoms with E-state index in [1.54, 1.807) is 0 Å². The lowest BCUT2D eigenvalue weighted by molar-refractivity contribution is 0.102. The first-order valence-corrected chi connectivity index (χ1v) is 9.27. The van der Waals surface area contributed by atoms with Gasteiger partial charge in [-0.3, -0.25) is 4.79 Å². The highest BCUT2D eigenvalue weighted by Crippen LogP contribution is 2.27. The summed E-state index contributed by atoms with van der Waals surface area (Å²) in [5, 5.41) is 2.95. The number of nitrogens with zero attached hydrogens (tertiary/aromatic N) is 1. The van der Waals surface area contributed by atoms with Crippen molar-refractivity contribution in [2.24, 2.45) is 0 Å². The van der Waals surface area contributed by atoms with Gasteiger partial charge in [0.05, 0.1) is 0 Å². The second-order valence-corrected chi connectivity index (χ2v) is 7.27. The van der Waals surface area contributed by atoms with Crippen molar-refractivity contribution in [1.82, 2.24) is 4.98 Å². The smallest absolute Gasteiger partial charge is 0.255 e. The predicted molar refractivity (Wildman–Crippen MR) is 113 cm³/mol. The van der Waals surface area contributed by atoms with Crippen LogP contribution in [0, 0.1) is 27.7 Å². The van der Waals surface area contributed by atoms with Crippen molar-refractivity contribution < 1.29 is 9.21 Å². The summed E-state index contributed by atoms with van der Waals surface area (Å²) in [5.74, 6) is 0.463. The third kappa shape index (κ3) is 3.41. The van der Waals surface area contributed by atoms with Crippen molar-refractivity contribution >= 4 is 22.7 Å². The summed E-state index contributed by atoms with van der Waals surface area (Å²) < 4.78 is 5.91. The minimum atomic E-state index is -0.113. The Morgan fingerprint density at radius 1 is 0.857 bits per heavy atom. The zero-order chi connectivity index (χ0) is 19.8. The van der Waals surface area contributed by atoms with Crippen LogP contribution in [0.4, 0.5) is 5.69 Å². The molecular formula is C24H22N2O2. The van der Waals surface area contributed by atoms with Crippen LogP contribution in [0.3, 0.4) is 0 Å². The molecule has 0 saturated carbocycles. The maximum absolute atomic E-state index is 12.5. The molecule has 0 bridgehead atoms. The molecule has 0 fully saturated rings. The lowest BCUT2D eigenvalue weighted by Crippen LogP contribution is -2.13. The van der Waals surface area contributed by atoms with Crippen LogP contribution in [0.25, 0.3) is 22.6 Å². The number of anilines is 1. The normalized spacial score (nSPS) is 11.0. The Bertz CT molecular complexity index is 1150. The molecule has 0 atom stereocenters. The Morgan fingerprint density at radius 2 is 1.57 bits per heavy atom. The van der Waals surface area contributed by atoms with E-state index < -0.39 is 0 Å². The number of fused-ring (bicyclic) bond motifs is 1. The van der Waals surface area contributed by atoms with Crippen LogP contribution in [-0.2, 0) is 0 Å². The third-order valence-corrected chi connectivity index (χ3v) is 5.02. The fourth-order valence-corrected chi connectivity index (χ4v) is 3.27. The molecule has 1 amide bonds. The second-order valence-electron chi connectivity index (χ2n) is 7.27. The Labute approximate surface area is 164 Å². The average Bonchev–Trinajstić information content (AvgIpc) is 3.05. The molecular weight excluding hydrogens is 348 g/mol. The first-order valence-electron chi connectivity index (χ1n) is 9.27. The number of aromatic nitrogens is 1. The van der Waals surface area contributed by atoms with Crippen LogP contribution in [0.2, 0.25) is 0 Å². The molecule has 0 unspecified atom stereocenters. The number of aryl methyl sites for hydroxylation is 4. The van der Waals surface area contributed by atoms with Crippen LogP contribution in [0.5, 0.6) is 0 Å². The van der Waals surface area contributed by atoms with E-state index in [4.69, 9.17) is 4.42 Å². The van der Waals surface area contributed by atoms with Gasteiger partial charge in [0.15, 0.2) is 5.58 Å². The number of carbonyl (C=O) groups excluding carboxylic acids is 1. The van der Waals surface area contributed by atoms with Gasteiger partial charge in [0.25, 0.3) is 5.91 Å². The van der Waals surface area contributed by atoms with Crippen LogP contribution in [0.15, 0.2) is 59.0 Å². The van der Waals surface area contributed by atoms with Crippen LogP contribution in [0.1, 0.15) is 32.6 Å². The summed E-state index contributed by atoms with van der Waals surface area (Å²) in [5.41, 5.74) is 8.40. The fourth-order valence-electron chi connectivity index (χ4n) is 3.27. The van der Waals surface area contributed by atoms with Crippen molar-refractivity contribution in [3.8, 4) is 11.5 Å². The van der Waals surface area contributed by atoms with Crippen LogP contribution >= 0.6 is 0 Å². The van der Waals surface area contributed by atoms with E-state index in [0.717, 1.165) is 33.5 Å². The second kappa shape index (κ2) is 6.97. The number of carbonyl (C=O) groups is 1. The van der Waals surface area contributed by atoms with E-state index in [2.05, 4.69) is 24.1 Å². The highest BCUT2D eigenvalue weighted by atomic mass is 16.3. The summed E-state index contributed by atoms with van der Waals surface area (Å²) in [6.07, 6.45) is 0. The molecule has 0 aliphatic carbocycles. The third-order valence-electron chi connectivity index (χ3n) is 5.02. The van der Waals surface area contributed by atoms with Gasteiger partial charge in [-0.15, -0.1) is 0 Å². The molecule has 4 heteroatoms. The Balaban J connectivity index is 1.56. The van der Waals surface area contributed by atoms with Crippen LogP contribution in [-0.4, -0.2) is 10.9 Å². The van der Waals surface area contributed by atoms with Gasteiger partial charge in [0.2, 0.25) is 5.89 Å². The Hall–Kier alpha value is -3.40. The molecule has 140 valence electrons. The van der Waals surface area contributed by atoms with E-state index in [-0.39, 0.29) is 5.91 Å². The van der Waals surface area contributed by atoms with Crippen molar-refractivity contribution in [2.45, 2.75) is 27.7 Å². The van der Waals surface area contributed by atoms with E-state index in [1.165, 1.54) is 11.1 Å². The van der Waals surface area contributed by atoms with Gasteiger partial charge in [-0.05, 0) is 86.8 Å². The number of rotatable bonds is 3. The van der Waals surface area contributed by atoms with Crippen molar-refractivity contribution in [1.29, 1.82) is 0 Å². The molecule has 1 heterocycles. The topological polar surface area (TPSA) is 55.1 Å². The summed E-state index contributed by atoms with van der Waals surface area (Å²) >= 11 is 0. The molecule has 4 nitrogen and oxygen atoms in total. The molecule has 3 aromatic carbocycles. The van der Waals surface area contributed by atoms with E-state index in [1.807, 2.05) is 68.4 Å². The summed E-state index contributed by atoms with van der Waals surface area (Å²) in [7, 11) is 0. The number of hydrogen-bond acceptors (Lipinski definition) is 3. The molecule has 1 aromatic heterocycles. The summed E-state index contributed by atoms with van der Waals surface area (Å²) in [6, 6.07) is 17.4. The lowest BCUT2D eigenvalue weighted by atomic mass is 10.1. The highest BCUT2D eigenvalue weighted by Gasteiger charge is 2.12. The number of hydrogen-bond donors (Lipinski definition) is 1. The summed E-state index contributed by atoms with van der Waals surface area (Å²) in [4.78, 5) is 17.1. The van der Waals surface area contributed by atoms with E-state index in [0.29, 0.717) is 11.5 Å². The number of benzene rings is 3. The quantitative estimate of drug-likeness (QED) is 0.482. The molecule has 0 aliphatic rings. The van der Waals surface area contributed by atoms with Crippen molar-refractivity contribution in [2.75, 3.05) is 5.32 Å². The minimum Gasteiger partial charge on any atom is -0.436 e. The SMILES string of the molecule is Cc1ccc(C(=O)Nc2ccc(-c3nc4cc(C)c(C)cc4o3)cc2)c(C)c1.